The van der Waals surface area contributed by atoms with Gasteiger partial charge in [0, 0.05) is 48.9 Å². The molecule has 0 fully saturated rings. The summed E-state index contributed by atoms with van der Waals surface area (Å²) in [5.41, 5.74) is 5.92. The van der Waals surface area contributed by atoms with E-state index in [4.69, 9.17) is 4.98 Å². The summed E-state index contributed by atoms with van der Waals surface area (Å²) >= 11 is 1.58. The summed E-state index contributed by atoms with van der Waals surface area (Å²) in [5, 5.41) is 3.90. The molecule has 50 heavy (non-hydrogen) atoms. The summed E-state index contributed by atoms with van der Waals surface area (Å²) in [6.07, 6.45) is 1.73. The molecule has 3 aromatic heterocycles. The predicted molar refractivity (Wildman–Crippen MR) is 201 cm³/mol. The highest BCUT2D eigenvalue weighted by Gasteiger charge is 2.44. The summed E-state index contributed by atoms with van der Waals surface area (Å²) < 4.78 is 4.28. The summed E-state index contributed by atoms with van der Waals surface area (Å²) in [7, 11) is 0. The minimum absolute atomic E-state index is 0.291. The Kier molecular flexibility index (Phi) is 6.31. The number of aromatic nitrogens is 3. The highest BCUT2D eigenvalue weighted by molar-refractivity contribution is 7.99. The molecule has 0 saturated heterocycles. The third-order valence-corrected chi connectivity index (χ3v) is 10.5. The van der Waals surface area contributed by atoms with Crippen LogP contribution in [0.25, 0.3) is 55.0 Å². The maximum atomic E-state index is 15.0. The van der Waals surface area contributed by atoms with Gasteiger partial charge >= 0.3 is 0 Å². The van der Waals surface area contributed by atoms with Gasteiger partial charge in [-0.15, -0.1) is 0 Å². The second-order valence-corrected chi connectivity index (χ2v) is 13.4. The van der Waals surface area contributed by atoms with Gasteiger partial charge in [-0.25, -0.2) is 9.88 Å². The van der Waals surface area contributed by atoms with Crippen LogP contribution in [-0.4, -0.2) is 25.9 Å². The van der Waals surface area contributed by atoms with Crippen LogP contribution in [0, 0.1) is 0 Å². The number of carbonyl (C=O) groups is 2. The Morgan fingerprint density at radius 2 is 0.920 bits per heavy atom. The summed E-state index contributed by atoms with van der Waals surface area (Å²) in [4.78, 5) is 37.9. The van der Waals surface area contributed by atoms with Gasteiger partial charge in [-0.3, -0.25) is 9.59 Å². The van der Waals surface area contributed by atoms with Crippen LogP contribution >= 0.6 is 11.8 Å². The first-order valence-electron chi connectivity index (χ1n) is 16.4. The van der Waals surface area contributed by atoms with E-state index in [9.17, 15) is 0 Å². The SMILES string of the molecule is O=C1c2c(c3c(c4ccccc4n3-c3ccccc3)c3c4ccccc4n(-c4ccccc4)c23)C(=O)N1c1ccc(Sc2ccccc2)cn1. The Morgan fingerprint density at radius 3 is 1.40 bits per heavy atom. The van der Waals surface area contributed by atoms with Gasteiger partial charge in [0.1, 0.15) is 5.82 Å². The molecule has 6 aromatic carbocycles. The Bertz CT molecular complexity index is 2650. The van der Waals surface area contributed by atoms with Crippen LogP contribution in [0.5, 0.6) is 0 Å². The number of pyridine rings is 1. The second kappa shape index (κ2) is 11.1. The zero-order chi connectivity index (χ0) is 33.3. The smallest absolute Gasteiger partial charge is 0.269 e. The normalized spacial score (nSPS) is 12.9. The maximum absolute atomic E-state index is 15.0. The molecule has 0 unspecified atom stereocenters. The minimum Gasteiger partial charge on any atom is -0.308 e. The van der Waals surface area contributed by atoms with Crippen molar-refractivity contribution in [3.8, 4) is 11.4 Å². The number of anilines is 1. The Hall–Kier alpha value is -6.44. The molecule has 1 aliphatic heterocycles. The van der Waals surface area contributed by atoms with Crippen LogP contribution in [0.3, 0.4) is 0 Å². The highest BCUT2D eigenvalue weighted by Crippen LogP contribution is 2.48. The van der Waals surface area contributed by atoms with Gasteiger partial charge in [0.15, 0.2) is 0 Å². The molecule has 10 rings (SSSR count). The molecule has 0 bridgehead atoms. The van der Waals surface area contributed by atoms with Crippen molar-refractivity contribution in [1.29, 1.82) is 0 Å². The molecular weight excluding hydrogens is 637 g/mol. The number of hydrogen-bond acceptors (Lipinski definition) is 4. The van der Waals surface area contributed by atoms with Crippen molar-refractivity contribution < 1.29 is 9.59 Å². The lowest BCUT2D eigenvalue weighted by Crippen LogP contribution is -2.30. The zero-order valence-electron chi connectivity index (χ0n) is 26.5. The summed E-state index contributed by atoms with van der Waals surface area (Å²) in [6.45, 7) is 0. The fourth-order valence-electron chi connectivity index (χ4n) is 7.52. The fraction of sp³-hybridized carbons (Fsp3) is 0. The molecule has 0 N–H and O–H groups in total. The average molecular weight is 663 g/mol. The Labute approximate surface area is 290 Å². The number of para-hydroxylation sites is 4. The number of amides is 2. The van der Waals surface area contributed by atoms with Gasteiger partial charge < -0.3 is 9.13 Å². The van der Waals surface area contributed by atoms with Crippen molar-refractivity contribution in [2.75, 3.05) is 4.90 Å². The standard InChI is InChI=1S/C43H26N4O2S/c48-42-38-39(43(49)47(42)35-25-24-30(26-44-35)50-29-18-8-3-9-19-29)41-37(32-21-11-13-23-34(32)46(41)28-16-6-2-7-17-28)36-31-20-10-12-22-33(31)45(40(36)38)27-14-4-1-5-15-27/h1-26H. The third kappa shape index (κ3) is 4.07. The molecular formula is C43H26N4O2S. The first-order chi connectivity index (χ1) is 24.7. The fourth-order valence-corrected chi connectivity index (χ4v) is 8.32. The van der Waals surface area contributed by atoms with E-state index >= 15 is 9.59 Å². The van der Waals surface area contributed by atoms with Crippen molar-refractivity contribution in [2.24, 2.45) is 0 Å². The number of nitrogens with zero attached hydrogens (tertiary/aromatic N) is 4. The van der Waals surface area contributed by atoms with Gasteiger partial charge in [-0.1, -0.05) is 103 Å². The molecule has 4 heterocycles. The molecule has 7 heteroatoms. The van der Waals surface area contributed by atoms with E-state index in [1.807, 2.05) is 121 Å². The van der Waals surface area contributed by atoms with E-state index in [0.717, 1.165) is 53.7 Å². The van der Waals surface area contributed by atoms with Crippen molar-refractivity contribution in [3.63, 3.8) is 0 Å². The first kappa shape index (κ1) is 28.6. The lowest BCUT2D eigenvalue weighted by molar-refractivity contribution is 0.0926. The molecule has 6 nitrogen and oxygen atoms in total. The van der Waals surface area contributed by atoms with E-state index in [1.165, 1.54) is 4.90 Å². The van der Waals surface area contributed by atoms with Crippen molar-refractivity contribution >= 4 is 73.0 Å². The topological polar surface area (TPSA) is 60.1 Å². The average Bonchev–Trinajstić information content (AvgIpc) is 3.78. The minimum atomic E-state index is -0.391. The number of fused-ring (bicyclic) bond motifs is 10. The van der Waals surface area contributed by atoms with Crippen LogP contribution in [0.4, 0.5) is 5.82 Å². The zero-order valence-corrected chi connectivity index (χ0v) is 27.3. The van der Waals surface area contributed by atoms with E-state index in [2.05, 4.69) is 33.4 Å². The number of carbonyl (C=O) groups excluding carboxylic acids is 2. The van der Waals surface area contributed by atoms with E-state index in [0.29, 0.717) is 28.0 Å². The van der Waals surface area contributed by atoms with Gasteiger partial charge in [0.2, 0.25) is 0 Å². The van der Waals surface area contributed by atoms with Crippen LogP contribution in [0.1, 0.15) is 20.7 Å². The van der Waals surface area contributed by atoms with Crippen LogP contribution in [-0.2, 0) is 0 Å². The van der Waals surface area contributed by atoms with E-state index in [-0.39, 0.29) is 0 Å². The van der Waals surface area contributed by atoms with Gasteiger partial charge in [0.05, 0.1) is 33.2 Å². The number of rotatable bonds is 5. The molecule has 0 saturated carbocycles. The molecule has 0 spiro atoms. The summed E-state index contributed by atoms with van der Waals surface area (Å²) in [5.74, 6) is -0.491. The van der Waals surface area contributed by atoms with E-state index in [1.54, 1.807) is 24.0 Å². The molecule has 236 valence electrons. The Morgan fingerprint density at radius 1 is 0.460 bits per heavy atom. The molecule has 2 amide bonds. The summed E-state index contributed by atoms with van der Waals surface area (Å²) in [6, 6.07) is 50.3. The quantitative estimate of drug-likeness (QED) is 0.172. The number of hydrogen-bond donors (Lipinski definition) is 0. The lowest BCUT2D eigenvalue weighted by atomic mass is 9.98. The van der Waals surface area contributed by atoms with Crippen molar-refractivity contribution in [2.45, 2.75) is 9.79 Å². The molecule has 0 aliphatic carbocycles. The predicted octanol–water partition coefficient (Wildman–Crippen LogP) is 10.2. The van der Waals surface area contributed by atoms with Gasteiger partial charge in [-0.05, 0) is 60.7 Å². The molecule has 9 aromatic rings. The first-order valence-corrected chi connectivity index (χ1v) is 17.2. The van der Waals surface area contributed by atoms with E-state index < -0.39 is 11.8 Å². The second-order valence-electron chi connectivity index (χ2n) is 12.3. The van der Waals surface area contributed by atoms with Crippen molar-refractivity contribution in [3.05, 3.63) is 169 Å². The lowest BCUT2D eigenvalue weighted by Gasteiger charge is -2.13. The van der Waals surface area contributed by atoms with Gasteiger partial charge in [0.25, 0.3) is 11.8 Å². The van der Waals surface area contributed by atoms with Crippen LogP contribution < -0.4 is 4.90 Å². The Balaban J connectivity index is 1.32. The maximum Gasteiger partial charge on any atom is 0.269 e. The largest absolute Gasteiger partial charge is 0.308 e. The van der Waals surface area contributed by atoms with Crippen LogP contribution in [0.2, 0.25) is 0 Å². The van der Waals surface area contributed by atoms with Gasteiger partial charge in [-0.2, -0.15) is 0 Å². The molecule has 0 radical (unpaired) electrons. The molecule has 0 atom stereocenters. The van der Waals surface area contributed by atoms with Crippen LogP contribution in [0.15, 0.2) is 168 Å². The highest BCUT2D eigenvalue weighted by atomic mass is 32.2. The third-order valence-electron chi connectivity index (χ3n) is 9.51. The monoisotopic (exact) mass is 662 g/mol. The molecule has 1 aliphatic rings. The number of benzene rings is 6. The number of imide groups is 1. The van der Waals surface area contributed by atoms with Crippen molar-refractivity contribution in [1.82, 2.24) is 14.1 Å².